The van der Waals surface area contributed by atoms with Gasteiger partial charge in [-0.2, -0.15) is 0 Å². The zero-order chi connectivity index (χ0) is 23.2. The first-order valence-corrected chi connectivity index (χ1v) is 11.8. The number of thiazole rings is 1. The van der Waals surface area contributed by atoms with Crippen LogP contribution >= 0.6 is 22.7 Å². The van der Waals surface area contributed by atoms with Gasteiger partial charge >= 0.3 is 0 Å². The first-order chi connectivity index (χ1) is 16.0. The van der Waals surface area contributed by atoms with Crippen molar-refractivity contribution < 1.29 is 14.4 Å². The second-order valence-corrected chi connectivity index (χ2v) is 8.91. The van der Waals surface area contributed by atoms with Crippen LogP contribution in [-0.2, 0) is 11.3 Å². The molecule has 0 fully saturated rings. The first kappa shape index (κ1) is 22.4. The first-order valence-electron chi connectivity index (χ1n) is 10.0. The maximum Gasteiger partial charge on any atom is 0.265 e. The van der Waals surface area contributed by atoms with Gasteiger partial charge in [-0.15, -0.1) is 22.7 Å². The van der Waals surface area contributed by atoms with Gasteiger partial charge in [0.05, 0.1) is 10.6 Å². The fourth-order valence-electron chi connectivity index (χ4n) is 2.96. The smallest absolute Gasteiger partial charge is 0.265 e. The molecule has 0 unspecified atom stereocenters. The molecule has 0 aliphatic heterocycles. The summed E-state index contributed by atoms with van der Waals surface area (Å²) in [5, 5.41) is 12.6. The van der Waals surface area contributed by atoms with Crippen LogP contribution in [0.5, 0.6) is 0 Å². The van der Waals surface area contributed by atoms with Crippen molar-refractivity contribution in [2.24, 2.45) is 0 Å². The molecule has 0 aliphatic carbocycles. The highest BCUT2D eigenvalue weighted by molar-refractivity contribution is 7.14. The number of nitrogens with one attached hydrogen (secondary N) is 3. The number of carbonyl (C=O) groups excluding carboxylic acids is 3. The summed E-state index contributed by atoms with van der Waals surface area (Å²) in [6.45, 7) is 1.96. The van der Waals surface area contributed by atoms with Gasteiger partial charge in [0.25, 0.3) is 11.8 Å². The molecule has 4 rings (SSSR count). The summed E-state index contributed by atoms with van der Waals surface area (Å²) in [5.74, 6) is -0.532. The normalized spacial score (nSPS) is 10.5. The second kappa shape index (κ2) is 10.2. The number of aromatic nitrogens is 1. The number of anilines is 2. The quantitative estimate of drug-likeness (QED) is 0.349. The third kappa shape index (κ3) is 5.91. The molecular formula is C24H20N4O3S2. The molecule has 0 saturated carbocycles. The fraction of sp³-hybridized carbons (Fsp3) is 0.0833. The molecule has 3 amide bonds. The third-order valence-electron chi connectivity index (χ3n) is 4.67. The minimum Gasteiger partial charge on any atom is -0.352 e. The summed E-state index contributed by atoms with van der Waals surface area (Å²) in [5.41, 5.74) is 3.75. The van der Waals surface area contributed by atoms with Crippen molar-refractivity contribution in [2.75, 3.05) is 10.6 Å². The van der Waals surface area contributed by atoms with E-state index in [1.165, 1.54) is 29.6 Å². The zero-order valence-corrected chi connectivity index (χ0v) is 19.3. The van der Waals surface area contributed by atoms with Crippen LogP contribution in [0.25, 0.3) is 11.3 Å². The summed E-state index contributed by atoms with van der Waals surface area (Å²) in [4.78, 5) is 40.9. The number of benzene rings is 2. The number of rotatable bonds is 7. The van der Waals surface area contributed by atoms with Gasteiger partial charge in [-0.3, -0.25) is 19.7 Å². The number of thiophene rings is 1. The molecule has 4 aromatic rings. The molecule has 33 heavy (non-hydrogen) atoms. The van der Waals surface area contributed by atoms with E-state index in [9.17, 15) is 14.4 Å². The Morgan fingerprint density at radius 2 is 1.64 bits per heavy atom. The summed E-state index contributed by atoms with van der Waals surface area (Å²) >= 11 is 2.71. The second-order valence-electron chi connectivity index (χ2n) is 7.11. The summed E-state index contributed by atoms with van der Waals surface area (Å²) in [6.07, 6.45) is 0. The van der Waals surface area contributed by atoms with Crippen molar-refractivity contribution in [1.29, 1.82) is 0 Å². The average molecular weight is 477 g/mol. The molecule has 0 atom stereocenters. The van der Waals surface area contributed by atoms with E-state index in [0.29, 0.717) is 27.8 Å². The lowest BCUT2D eigenvalue weighted by Gasteiger charge is -2.06. The van der Waals surface area contributed by atoms with E-state index in [4.69, 9.17) is 0 Å². The molecule has 2 aromatic heterocycles. The predicted molar refractivity (Wildman–Crippen MR) is 132 cm³/mol. The van der Waals surface area contributed by atoms with Crippen LogP contribution in [0.3, 0.4) is 0 Å². The van der Waals surface area contributed by atoms with E-state index < -0.39 is 0 Å². The van der Waals surface area contributed by atoms with Crippen molar-refractivity contribution in [3.8, 4) is 11.3 Å². The van der Waals surface area contributed by atoms with Crippen LogP contribution in [0.1, 0.15) is 32.5 Å². The molecule has 3 N–H and O–H groups in total. The number of hydrogen-bond acceptors (Lipinski definition) is 6. The van der Waals surface area contributed by atoms with Crippen molar-refractivity contribution >= 4 is 51.2 Å². The fourth-order valence-corrected chi connectivity index (χ4v) is 4.29. The topological polar surface area (TPSA) is 100 Å². The number of hydrogen-bond donors (Lipinski definition) is 3. The Balaban J connectivity index is 1.35. The van der Waals surface area contributed by atoms with Gasteiger partial charge in [0.15, 0.2) is 5.13 Å². The molecule has 0 bridgehead atoms. The van der Waals surface area contributed by atoms with Gasteiger partial charge in [-0.25, -0.2) is 4.98 Å². The average Bonchev–Trinajstić information content (AvgIpc) is 3.51. The molecule has 7 nitrogen and oxygen atoms in total. The Bertz CT molecular complexity index is 1260. The molecule has 0 aliphatic rings. The molecule has 2 heterocycles. The summed E-state index contributed by atoms with van der Waals surface area (Å²) in [6, 6.07) is 18.0. The molecular weight excluding hydrogens is 456 g/mol. The van der Waals surface area contributed by atoms with Gasteiger partial charge in [-0.05, 0) is 41.3 Å². The third-order valence-corrected chi connectivity index (χ3v) is 6.29. The van der Waals surface area contributed by atoms with Crippen LogP contribution < -0.4 is 16.0 Å². The SMILES string of the molecule is CC(=O)NCc1ccc(-c2csc(NC(=O)c3ccc(NC(=O)c4cccs4)cc3)n2)cc1. The summed E-state index contributed by atoms with van der Waals surface area (Å²) in [7, 11) is 0. The Hall–Kier alpha value is -3.82. The molecule has 2 aromatic carbocycles. The summed E-state index contributed by atoms with van der Waals surface area (Å²) < 4.78 is 0. The predicted octanol–water partition coefficient (Wildman–Crippen LogP) is 5.01. The highest BCUT2D eigenvalue weighted by Gasteiger charge is 2.12. The highest BCUT2D eigenvalue weighted by Crippen LogP contribution is 2.26. The number of amides is 3. The van der Waals surface area contributed by atoms with Gasteiger partial charge in [-0.1, -0.05) is 30.3 Å². The van der Waals surface area contributed by atoms with Crippen LogP contribution in [0.2, 0.25) is 0 Å². The lowest BCUT2D eigenvalue weighted by atomic mass is 10.1. The Morgan fingerprint density at radius 3 is 2.30 bits per heavy atom. The van der Waals surface area contributed by atoms with E-state index >= 15 is 0 Å². The minimum atomic E-state index is -0.280. The Morgan fingerprint density at radius 1 is 0.879 bits per heavy atom. The lowest BCUT2D eigenvalue weighted by molar-refractivity contribution is -0.119. The van der Waals surface area contributed by atoms with Gasteiger partial charge in [0.1, 0.15) is 0 Å². The van der Waals surface area contributed by atoms with Gasteiger partial charge < -0.3 is 10.6 Å². The van der Waals surface area contributed by atoms with Crippen LogP contribution in [0.4, 0.5) is 10.8 Å². The molecule has 0 radical (unpaired) electrons. The van der Waals surface area contributed by atoms with E-state index in [-0.39, 0.29) is 17.7 Å². The van der Waals surface area contributed by atoms with E-state index in [1.54, 1.807) is 30.3 Å². The Kier molecular flexibility index (Phi) is 6.92. The van der Waals surface area contributed by atoms with Crippen molar-refractivity contribution in [1.82, 2.24) is 10.3 Å². The van der Waals surface area contributed by atoms with Crippen LogP contribution in [-0.4, -0.2) is 22.7 Å². The van der Waals surface area contributed by atoms with Crippen molar-refractivity contribution in [3.05, 3.63) is 87.4 Å². The molecule has 0 saturated heterocycles. The van der Waals surface area contributed by atoms with Crippen molar-refractivity contribution in [3.63, 3.8) is 0 Å². The standard InChI is InChI=1S/C24H20N4O3S2/c1-15(29)25-13-16-4-6-17(7-5-16)20-14-33-24(27-20)28-22(30)18-8-10-19(11-9-18)26-23(31)21-3-2-12-32-21/h2-12,14H,13H2,1H3,(H,25,29)(H,26,31)(H,27,28,30). The lowest BCUT2D eigenvalue weighted by Crippen LogP contribution is -2.18. The Labute approximate surface area is 198 Å². The van der Waals surface area contributed by atoms with Gasteiger partial charge in [0, 0.05) is 35.7 Å². The maximum absolute atomic E-state index is 12.6. The van der Waals surface area contributed by atoms with Crippen molar-refractivity contribution in [2.45, 2.75) is 13.5 Å². The molecule has 166 valence electrons. The zero-order valence-electron chi connectivity index (χ0n) is 17.6. The van der Waals surface area contributed by atoms with E-state index in [2.05, 4.69) is 20.9 Å². The largest absolute Gasteiger partial charge is 0.352 e. The maximum atomic E-state index is 12.6. The molecule has 9 heteroatoms. The monoisotopic (exact) mass is 476 g/mol. The van der Waals surface area contributed by atoms with Crippen LogP contribution in [0, 0.1) is 0 Å². The van der Waals surface area contributed by atoms with E-state index in [1.807, 2.05) is 41.1 Å². The number of carbonyl (C=O) groups is 3. The molecule has 0 spiro atoms. The van der Waals surface area contributed by atoms with Gasteiger partial charge in [0.2, 0.25) is 5.91 Å². The number of nitrogens with zero attached hydrogens (tertiary/aromatic N) is 1. The minimum absolute atomic E-state index is 0.0725. The van der Waals surface area contributed by atoms with Crippen LogP contribution in [0.15, 0.2) is 71.4 Å². The highest BCUT2D eigenvalue weighted by atomic mass is 32.1. The van der Waals surface area contributed by atoms with E-state index in [0.717, 1.165) is 16.8 Å².